The molecule has 1 saturated carbocycles. The van der Waals surface area contributed by atoms with Crippen molar-refractivity contribution in [2.24, 2.45) is 22.7 Å². The van der Waals surface area contributed by atoms with Crippen LogP contribution < -0.4 is 0 Å². The van der Waals surface area contributed by atoms with Gasteiger partial charge in [0.2, 0.25) is 0 Å². The number of rotatable bonds is 7. The summed E-state index contributed by atoms with van der Waals surface area (Å²) in [6, 6.07) is 0. The fourth-order valence-electron chi connectivity index (χ4n) is 7.03. The molecule has 0 aromatic rings. The predicted octanol–water partition coefficient (Wildman–Crippen LogP) is 4.93. The normalized spacial score (nSPS) is 41.6. The van der Waals surface area contributed by atoms with E-state index in [2.05, 4.69) is 40.3 Å². The van der Waals surface area contributed by atoms with Gasteiger partial charge >= 0.3 is 5.97 Å². The van der Waals surface area contributed by atoms with Gasteiger partial charge in [0.25, 0.3) is 0 Å². The number of carbonyl (C=O) groups excluding carboxylic acids is 1. The predicted molar refractivity (Wildman–Crippen MR) is 132 cm³/mol. The monoisotopic (exact) mass is 478 g/mol. The molecule has 0 aromatic heterocycles. The third-order valence-corrected chi connectivity index (χ3v) is 9.13. The standard InChI is InChI=1S/C28H46O6/c1-9-27(7,34-25-23(31)24(33-19(4)29)22(30)18(3)32-25)16-13-20-17(2)11-12-21-26(5,6)14-10-15-28(20,21)8/h9,11,18,20-25,30-31H,1,10,12-16H2,2-8H3/t18-,20+,21+,22+,23-,24+,25+,27+,28-/m1/s1. The maximum atomic E-state index is 11.5. The molecule has 0 radical (unpaired) electrons. The lowest BCUT2D eigenvalue weighted by atomic mass is 9.48. The van der Waals surface area contributed by atoms with Crippen molar-refractivity contribution in [2.75, 3.05) is 0 Å². The van der Waals surface area contributed by atoms with Crippen LogP contribution >= 0.6 is 0 Å². The molecule has 0 bridgehead atoms. The maximum Gasteiger partial charge on any atom is 0.303 e. The topological polar surface area (TPSA) is 85.2 Å². The van der Waals surface area contributed by atoms with Gasteiger partial charge in [0, 0.05) is 6.92 Å². The van der Waals surface area contributed by atoms with Crippen LogP contribution in [0.1, 0.15) is 87.0 Å². The minimum absolute atomic E-state index is 0.253. The van der Waals surface area contributed by atoms with Crippen molar-refractivity contribution >= 4 is 5.97 Å². The Bertz CT molecular complexity index is 790. The molecule has 194 valence electrons. The SMILES string of the molecule is C=C[C@@](C)(CC[C@H]1C(C)=CC[C@H]2C(C)(C)CCC[C@]12C)O[C@@H]1O[C@H](C)[C@H](O)[C@H](OC(C)=O)[C@H]1O. The number of hydrogen-bond acceptors (Lipinski definition) is 6. The molecule has 1 saturated heterocycles. The molecule has 0 aromatic carbocycles. The molecule has 6 heteroatoms. The second-order valence-corrected chi connectivity index (χ2v) is 12.1. The molecule has 0 unspecified atom stereocenters. The first-order valence-electron chi connectivity index (χ1n) is 12.9. The minimum Gasteiger partial charge on any atom is -0.457 e. The number of hydrogen-bond donors (Lipinski definition) is 2. The lowest BCUT2D eigenvalue weighted by molar-refractivity contribution is -0.314. The zero-order chi connectivity index (χ0) is 25.5. The molecule has 1 heterocycles. The largest absolute Gasteiger partial charge is 0.457 e. The Hall–Kier alpha value is -1.21. The van der Waals surface area contributed by atoms with Gasteiger partial charge in [-0.3, -0.25) is 4.79 Å². The van der Waals surface area contributed by atoms with Gasteiger partial charge in [0.15, 0.2) is 12.4 Å². The third-order valence-electron chi connectivity index (χ3n) is 9.13. The molecule has 0 amide bonds. The lowest BCUT2D eigenvalue weighted by Gasteiger charge is -2.57. The minimum atomic E-state index is -1.30. The van der Waals surface area contributed by atoms with E-state index in [4.69, 9.17) is 14.2 Å². The third kappa shape index (κ3) is 5.30. The van der Waals surface area contributed by atoms with Crippen LogP contribution in [0.4, 0.5) is 0 Å². The van der Waals surface area contributed by atoms with E-state index in [1.807, 2.05) is 6.92 Å². The first-order chi connectivity index (χ1) is 15.7. The van der Waals surface area contributed by atoms with Crippen LogP contribution in [0.25, 0.3) is 0 Å². The van der Waals surface area contributed by atoms with Crippen LogP contribution in [0.5, 0.6) is 0 Å². The lowest BCUT2D eigenvalue weighted by Crippen LogP contribution is -2.60. The zero-order valence-electron chi connectivity index (χ0n) is 22.2. The van der Waals surface area contributed by atoms with E-state index in [0.717, 1.165) is 19.3 Å². The molecular formula is C28H46O6. The molecular weight excluding hydrogens is 432 g/mol. The Morgan fingerprint density at radius 1 is 1.29 bits per heavy atom. The summed E-state index contributed by atoms with van der Waals surface area (Å²) in [5.74, 6) is 0.550. The number of aliphatic hydroxyl groups excluding tert-OH is 2. The molecule has 2 fully saturated rings. The van der Waals surface area contributed by atoms with Gasteiger partial charge < -0.3 is 24.4 Å². The van der Waals surface area contributed by atoms with Crippen LogP contribution in [0.15, 0.2) is 24.3 Å². The summed E-state index contributed by atoms with van der Waals surface area (Å²) in [6.45, 7) is 18.5. The van der Waals surface area contributed by atoms with Crippen molar-refractivity contribution in [3.05, 3.63) is 24.3 Å². The summed E-state index contributed by atoms with van der Waals surface area (Å²) in [4.78, 5) is 11.5. The highest BCUT2D eigenvalue weighted by molar-refractivity contribution is 5.66. The Morgan fingerprint density at radius 2 is 1.97 bits per heavy atom. The number of aliphatic hydroxyl groups is 2. The number of esters is 1. The van der Waals surface area contributed by atoms with E-state index in [1.54, 1.807) is 13.0 Å². The summed E-state index contributed by atoms with van der Waals surface area (Å²) in [6.07, 6.45) is 5.60. The van der Waals surface area contributed by atoms with E-state index >= 15 is 0 Å². The molecule has 2 aliphatic carbocycles. The Balaban J connectivity index is 1.75. The molecule has 1 aliphatic heterocycles. The van der Waals surface area contributed by atoms with Gasteiger partial charge in [0.1, 0.15) is 12.2 Å². The molecule has 6 nitrogen and oxygen atoms in total. The average Bonchev–Trinajstić information content (AvgIpc) is 2.73. The summed E-state index contributed by atoms with van der Waals surface area (Å²) in [5, 5.41) is 21.2. The quantitative estimate of drug-likeness (QED) is 0.399. The van der Waals surface area contributed by atoms with Gasteiger partial charge in [-0.05, 0) is 75.5 Å². The van der Waals surface area contributed by atoms with Gasteiger partial charge in [-0.15, -0.1) is 6.58 Å². The van der Waals surface area contributed by atoms with Crippen molar-refractivity contribution in [3.8, 4) is 0 Å². The molecule has 3 aliphatic rings. The fraction of sp³-hybridized carbons (Fsp3) is 0.821. The molecule has 3 rings (SSSR count). The highest BCUT2D eigenvalue weighted by Gasteiger charge is 2.52. The highest BCUT2D eigenvalue weighted by atomic mass is 16.7. The molecule has 9 atom stereocenters. The van der Waals surface area contributed by atoms with Crippen LogP contribution in [0.2, 0.25) is 0 Å². The highest BCUT2D eigenvalue weighted by Crippen LogP contribution is 2.60. The number of ether oxygens (including phenoxy) is 3. The number of fused-ring (bicyclic) bond motifs is 1. The average molecular weight is 479 g/mol. The second kappa shape index (κ2) is 10.0. The fourth-order valence-corrected chi connectivity index (χ4v) is 7.03. The van der Waals surface area contributed by atoms with Crippen LogP contribution in [0, 0.1) is 22.7 Å². The zero-order valence-corrected chi connectivity index (χ0v) is 22.2. The van der Waals surface area contributed by atoms with Crippen LogP contribution in [-0.4, -0.2) is 52.5 Å². The van der Waals surface area contributed by atoms with Gasteiger partial charge in [-0.1, -0.05) is 44.9 Å². The Morgan fingerprint density at radius 3 is 2.59 bits per heavy atom. The van der Waals surface area contributed by atoms with E-state index < -0.39 is 42.3 Å². The van der Waals surface area contributed by atoms with Crippen molar-refractivity contribution in [2.45, 2.75) is 123 Å². The summed E-state index contributed by atoms with van der Waals surface area (Å²) < 4.78 is 17.3. The number of carbonyl (C=O) groups is 1. The Labute approximate surface area is 205 Å². The van der Waals surface area contributed by atoms with Crippen molar-refractivity contribution < 1.29 is 29.2 Å². The summed E-state index contributed by atoms with van der Waals surface area (Å²) in [5.41, 5.74) is 1.30. The first kappa shape index (κ1) is 27.4. The second-order valence-electron chi connectivity index (χ2n) is 12.1. The maximum absolute atomic E-state index is 11.5. The Kier molecular flexibility index (Phi) is 8.08. The van der Waals surface area contributed by atoms with E-state index in [-0.39, 0.29) is 5.41 Å². The van der Waals surface area contributed by atoms with Crippen LogP contribution in [-0.2, 0) is 19.0 Å². The van der Waals surface area contributed by atoms with E-state index in [0.29, 0.717) is 17.3 Å². The van der Waals surface area contributed by atoms with Crippen molar-refractivity contribution in [3.63, 3.8) is 0 Å². The van der Waals surface area contributed by atoms with E-state index in [1.165, 1.54) is 31.8 Å². The molecule has 0 spiro atoms. The van der Waals surface area contributed by atoms with Gasteiger partial charge in [0.05, 0.1) is 11.7 Å². The summed E-state index contributed by atoms with van der Waals surface area (Å²) in [7, 11) is 0. The van der Waals surface area contributed by atoms with Crippen LogP contribution in [0.3, 0.4) is 0 Å². The van der Waals surface area contributed by atoms with E-state index in [9.17, 15) is 15.0 Å². The van der Waals surface area contributed by atoms with Gasteiger partial charge in [-0.2, -0.15) is 0 Å². The van der Waals surface area contributed by atoms with Crippen molar-refractivity contribution in [1.82, 2.24) is 0 Å². The summed E-state index contributed by atoms with van der Waals surface area (Å²) >= 11 is 0. The smallest absolute Gasteiger partial charge is 0.303 e. The van der Waals surface area contributed by atoms with Crippen molar-refractivity contribution in [1.29, 1.82) is 0 Å². The number of allylic oxidation sites excluding steroid dienone is 2. The molecule has 2 N–H and O–H groups in total. The van der Waals surface area contributed by atoms with Gasteiger partial charge in [-0.25, -0.2) is 0 Å². The molecule has 34 heavy (non-hydrogen) atoms. The first-order valence-corrected chi connectivity index (χ1v) is 12.9.